The topological polar surface area (TPSA) is 12.0 Å². The van der Waals surface area contributed by atoms with Gasteiger partial charge >= 0.3 is 0 Å². The minimum absolute atomic E-state index is 0.530. The van der Waals surface area contributed by atoms with E-state index >= 15 is 0 Å². The van der Waals surface area contributed by atoms with Gasteiger partial charge in [0.05, 0.1) is 0 Å². The Morgan fingerprint density at radius 1 is 1.00 bits per heavy atom. The van der Waals surface area contributed by atoms with E-state index in [1.165, 1.54) is 58.0 Å². The van der Waals surface area contributed by atoms with Gasteiger partial charge in [-0.3, -0.25) is 0 Å². The summed E-state index contributed by atoms with van der Waals surface area (Å²) in [5.41, 5.74) is 0.530. The van der Waals surface area contributed by atoms with Crippen molar-refractivity contribution in [2.24, 2.45) is 29.1 Å². The van der Waals surface area contributed by atoms with Crippen molar-refractivity contribution in [3.05, 3.63) is 0 Å². The van der Waals surface area contributed by atoms with E-state index in [4.69, 9.17) is 0 Å². The average molecular weight is 265 g/mol. The monoisotopic (exact) mass is 265 g/mol. The van der Waals surface area contributed by atoms with E-state index in [-0.39, 0.29) is 0 Å². The molecule has 0 bridgehead atoms. The molecule has 112 valence electrons. The third-order valence-electron chi connectivity index (χ3n) is 5.93. The number of nitrogens with one attached hydrogen (secondary N) is 1. The molecule has 2 unspecified atom stereocenters. The summed E-state index contributed by atoms with van der Waals surface area (Å²) in [6.45, 7) is 12.2. The molecule has 1 nitrogen and oxygen atoms in total. The molecular weight excluding hydrogens is 230 g/mol. The first-order valence-corrected chi connectivity index (χ1v) is 8.73. The molecule has 2 aliphatic rings. The summed E-state index contributed by atoms with van der Waals surface area (Å²) in [7, 11) is 0. The Hall–Kier alpha value is -0.0400. The Balaban J connectivity index is 1.88. The average Bonchev–Trinajstić information content (AvgIpc) is 2.39. The molecule has 2 rings (SSSR count). The first kappa shape index (κ1) is 15.4. The van der Waals surface area contributed by atoms with Crippen LogP contribution >= 0.6 is 0 Å². The van der Waals surface area contributed by atoms with E-state index in [9.17, 15) is 0 Å². The smallest absolute Gasteiger partial charge is 0.00178 e. The van der Waals surface area contributed by atoms with Gasteiger partial charge in [-0.05, 0) is 80.7 Å². The molecule has 0 amide bonds. The van der Waals surface area contributed by atoms with Crippen molar-refractivity contribution < 1.29 is 0 Å². The Kier molecular flexibility index (Phi) is 5.34. The lowest BCUT2D eigenvalue weighted by atomic mass is 9.64. The minimum atomic E-state index is 0.530. The Morgan fingerprint density at radius 3 is 2.26 bits per heavy atom. The van der Waals surface area contributed by atoms with Crippen LogP contribution in [0.2, 0.25) is 0 Å². The molecule has 1 saturated heterocycles. The summed E-state index contributed by atoms with van der Waals surface area (Å²) in [5.74, 6) is 4.00. The molecule has 0 aromatic carbocycles. The molecule has 1 heteroatoms. The highest BCUT2D eigenvalue weighted by atomic mass is 14.9. The summed E-state index contributed by atoms with van der Waals surface area (Å²) in [6.07, 6.45) is 10.2. The van der Waals surface area contributed by atoms with Gasteiger partial charge in [-0.25, -0.2) is 0 Å². The lowest BCUT2D eigenvalue weighted by molar-refractivity contribution is 0.0827. The zero-order valence-electron chi connectivity index (χ0n) is 13.7. The summed E-state index contributed by atoms with van der Waals surface area (Å²) in [4.78, 5) is 0. The lowest BCUT2D eigenvalue weighted by Gasteiger charge is -2.43. The van der Waals surface area contributed by atoms with Gasteiger partial charge in [-0.1, -0.05) is 34.1 Å². The van der Waals surface area contributed by atoms with Gasteiger partial charge in [-0.15, -0.1) is 0 Å². The second-order valence-electron chi connectivity index (χ2n) is 8.18. The summed E-state index contributed by atoms with van der Waals surface area (Å²) < 4.78 is 0. The van der Waals surface area contributed by atoms with Gasteiger partial charge < -0.3 is 5.32 Å². The molecule has 19 heavy (non-hydrogen) atoms. The van der Waals surface area contributed by atoms with E-state index in [2.05, 4.69) is 33.0 Å². The minimum Gasteiger partial charge on any atom is -0.316 e. The Labute approximate surface area is 120 Å². The van der Waals surface area contributed by atoms with Crippen LogP contribution in [-0.2, 0) is 0 Å². The van der Waals surface area contributed by atoms with Crippen molar-refractivity contribution in [1.29, 1.82) is 0 Å². The fraction of sp³-hybridized carbons (Fsp3) is 1.00. The van der Waals surface area contributed by atoms with Crippen molar-refractivity contribution in [2.75, 3.05) is 13.1 Å². The second kappa shape index (κ2) is 6.61. The maximum atomic E-state index is 3.62. The molecule has 1 aliphatic carbocycles. The molecule has 1 aliphatic heterocycles. The molecular formula is C18H35N. The van der Waals surface area contributed by atoms with Crippen LogP contribution in [0.25, 0.3) is 0 Å². The van der Waals surface area contributed by atoms with E-state index in [0.29, 0.717) is 5.41 Å². The standard InChI is InChI=1S/C18H35N/c1-5-6-15-13-19-12-11-17(15)14-7-9-16(10-8-14)18(2,3)4/h14-17,19H,5-13H2,1-4H3. The molecule has 0 spiro atoms. The molecule has 2 fully saturated rings. The number of hydrogen-bond donors (Lipinski definition) is 1. The van der Waals surface area contributed by atoms with Gasteiger partial charge in [0.15, 0.2) is 0 Å². The van der Waals surface area contributed by atoms with Crippen molar-refractivity contribution in [3.8, 4) is 0 Å². The molecule has 0 aromatic heterocycles. The highest BCUT2D eigenvalue weighted by Crippen LogP contribution is 2.45. The van der Waals surface area contributed by atoms with Crippen LogP contribution in [0.1, 0.15) is 72.6 Å². The van der Waals surface area contributed by atoms with Gasteiger partial charge in [0.2, 0.25) is 0 Å². The maximum Gasteiger partial charge on any atom is -0.00178 e. The van der Waals surface area contributed by atoms with E-state index in [1.54, 1.807) is 0 Å². The van der Waals surface area contributed by atoms with Gasteiger partial charge in [0.25, 0.3) is 0 Å². The maximum absolute atomic E-state index is 3.62. The van der Waals surface area contributed by atoms with Crippen molar-refractivity contribution in [2.45, 2.75) is 72.6 Å². The van der Waals surface area contributed by atoms with Crippen LogP contribution in [0.15, 0.2) is 0 Å². The molecule has 0 aromatic rings. The SMILES string of the molecule is CCCC1CNCCC1C1CCC(C(C)(C)C)CC1. The third kappa shape index (κ3) is 3.97. The fourth-order valence-corrected chi connectivity index (χ4v) is 4.66. The normalized spacial score (nSPS) is 37.3. The van der Waals surface area contributed by atoms with E-state index in [0.717, 1.165) is 23.7 Å². The first-order valence-electron chi connectivity index (χ1n) is 8.73. The summed E-state index contributed by atoms with van der Waals surface area (Å²) in [6, 6.07) is 0. The largest absolute Gasteiger partial charge is 0.316 e. The van der Waals surface area contributed by atoms with Gasteiger partial charge in [0, 0.05) is 0 Å². The van der Waals surface area contributed by atoms with Crippen LogP contribution in [0.3, 0.4) is 0 Å². The molecule has 1 N–H and O–H groups in total. The van der Waals surface area contributed by atoms with Crippen LogP contribution < -0.4 is 5.32 Å². The number of rotatable bonds is 3. The predicted molar refractivity (Wildman–Crippen MR) is 84.3 cm³/mol. The van der Waals surface area contributed by atoms with Crippen LogP contribution in [0, 0.1) is 29.1 Å². The highest BCUT2D eigenvalue weighted by Gasteiger charge is 2.36. The molecule has 2 atom stereocenters. The van der Waals surface area contributed by atoms with Gasteiger partial charge in [0.1, 0.15) is 0 Å². The van der Waals surface area contributed by atoms with Crippen LogP contribution in [0.5, 0.6) is 0 Å². The quantitative estimate of drug-likeness (QED) is 0.768. The zero-order valence-corrected chi connectivity index (χ0v) is 13.7. The summed E-state index contributed by atoms with van der Waals surface area (Å²) >= 11 is 0. The summed E-state index contributed by atoms with van der Waals surface area (Å²) in [5, 5.41) is 3.62. The second-order valence-corrected chi connectivity index (χ2v) is 8.18. The fourth-order valence-electron chi connectivity index (χ4n) is 4.66. The van der Waals surface area contributed by atoms with E-state index in [1.807, 2.05) is 0 Å². The van der Waals surface area contributed by atoms with Crippen LogP contribution in [-0.4, -0.2) is 13.1 Å². The molecule has 1 saturated carbocycles. The lowest BCUT2D eigenvalue weighted by Crippen LogP contribution is -2.41. The number of piperidine rings is 1. The van der Waals surface area contributed by atoms with Crippen molar-refractivity contribution in [3.63, 3.8) is 0 Å². The van der Waals surface area contributed by atoms with Crippen molar-refractivity contribution in [1.82, 2.24) is 5.32 Å². The highest BCUT2D eigenvalue weighted by molar-refractivity contribution is 4.88. The van der Waals surface area contributed by atoms with Crippen LogP contribution in [0.4, 0.5) is 0 Å². The Bertz CT molecular complexity index is 255. The molecule has 0 radical (unpaired) electrons. The van der Waals surface area contributed by atoms with Gasteiger partial charge in [-0.2, -0.15) is 0 Å². The predicted octanol–water partition coefficient (Wildman–Crippen LogP) is 4.86. The third-order valence-corrected chi connectivity index (χ3v) is 5.93. The van der Waals surface area contributed by atoms with E-state index < -0.39 is 0 Å². The number of hydrogen-bond acceptors (Lipinski definition) is 1. The zero-order chi connectivity index (χ0) is 13.9. The molecule has 1 heterocycles. The Morgan fingerprint density at radius 2 is 1.68 bits per heavy atom. The van der Waals surface area contributed by atoms with Crippen molar-refractivity contribution >= 4 is 0 Å². The first-order chi connectivity index (χ1) is 9.02.